The summed E-state index contributed by atoms with van der Waals surface area (Å²) < 4.78 is 46.5. The molecule has 0 unspecified atom stereocenters. The van der Waals surface area contributed by atoms with Crippen molar-refractivity contribution in [2.75, 3.05) is 89.9 Å². The molecule has 72 heavy (non-hydrogen) atoms. The number of nitrogens with zero attached hydrogens (tertiary/aromatic N) is 6. The Labute approximate surface area is 455 Å². The lowest BCUT2D eigenvalue weighted by Crippen LogP contribution is -2.43. The number of aromatic nitrogens is 3. The Bertz CT molecular complexity index is 1770. The van der Waals surface area contributed by atoms with Gasteiger partial charge in [0.2, 0.25) is 0 Å². The van der Waals surface area contributed by atoms with Crippen LogP contribution < -0.4 is 0 Å². The SMILES string of the molecule is C#CCOC[C@H](CBr)OCC=C.C=CCO[C@@H](CN=[N+]=[N-])COCC#C[Si](C(C)C)(C(C)C)C(C)C.C=CCO[C@H](COCC#C[Si](C(C)C)(C(C)C)C(C)C)Cn1cc(COC[C@H](CBr)OCC=C)nn1. The summed E-state index contributed by atoms with van der Waals surface area (Å²) in [6.07, 6.45) is 13.3. The molecular weight excluding hydrogens is 1080 g/mol. The molecule has 0 fully saturated rings. The third-order valence-corrected chi connectivity index (χ3v) is 25.9. The van der Waals surface area contributed by atoms with Gasteiger partial charge < -0.3 is 37.9 Å². The highest BCUT2D eigenvalue weighted by atomic mass is 79.9. The van der Waals surface area contributed by atoms with Crippen molar-refractivity contribution in [2.45, 2.75) is 154 Å². The quantitative estimate of drug-likeness (QED) is 0.00919. The largest absolute Gasteiger partial charge is 0.372 e. The fourth-order valence-electron chi connectivity index (χ4n) is 8.50. The highest BCUT2D eigenvalue weighted by Gasteiger charge is 2.42. The summed E-state index contributed by atoms with van der Waals surface area (Å²) in [7, 11) is -3.45. The van der Waals surface area contributed by atoms with E-state index >= 15 is 0 Å². The Kier molecular flexibility index (Phi) is 44.0. The molecule has 0 saturated heterocycles. The van der Waals surface area contributed by atoms with Crippen LogP contribution in [0.4, 0.5) is 0 Å². The number of hydrogen-bond donors (Lipinski definition) is 0. The van der Waals surface area contributed by atoms with Gasteiger partial charge in [-0.15, -0.1) is 48.9 Å². The van der Waals surface area contributed by atoms with Crippen molar-refractivity contribution >= 4 is 48.0 Å². The summed E-state index contributed by atoms with van der Waals surface area (Å²) >= 11 is 6.74. The fourth-order valence-corrected chi connectivity index (χ4v) is 19.7. The molecule has 14 nitrogen and oxygen atoms in total. The molecule has 1 heterocycles. The molecule has 1 aromatic rings. The van der Waals surface area contributed by atoms with Crippen LogP contribution >= 0.6 is 31.9 Å². The van der Waals surface area contributed by atoms with Crippen LogP contribution in [-0.4, -0.2) is 145 Å². The topological polar surface area (TPSA) is 153 Å². The number of alkyl halides is 2. The zero-order valence-corrected chi connectivity index (χ0v) is 51.3. The predicted molar refractivity (Wildman–Crippen MR) is 310 cm³/mol. The first-order chi connectivity index (χ1) is 34.4. The van der Waals surface area contributed by atoms with Crippen molar-refractivity contribution < 1.29 is 37.9 Å². The summed E-state index contributed by atoms with van der Waals surface area (Å²) in [6, 6.07) is 0. The second-order valence-electron chi connectivity index (χ2n) is 18.8. The molecule has 0 N–H and O–H groups in total. The molecule has 0 aliphatic rings. The Morgan fingerprint density at radius 1 is 0.625 bits per heavy atom. The molecule has 0 aliphatic carbocycles. The smallest absolute Gasteiger partial charge is 0.146 e. The molecule has 18 heteroatoms. The van der Waals surface area contributed by atoms with Crippen LogP contribution in [0.15, 0.2) is 61.9 Å². The van der Waals surface area contributed by atoms with Gasteiger partial charge in [0, 0.05) is 15.6 Å². The van der Waals surface area contributed by atoms with E-state index in [1.54, 1.807) is 29.0 Å². The zero-order valence-electron chi connectivity index (χ0n) is 46.1. The lowest BCUT2D eigenvalue weighted by atomic mass is 10.3. The summed E-state index contributed by atoms with van der Waals surface area (Å²) in [5.41, 5.74) is 20.1. The summed E-state index contributed by atoms with van der Waals surface area (Å²) in [5, 5.41) is 13.4. The Morgan fingerprint density at radius 2 is 1.00 bits per heavy atom. The van der Waals surface area contributed by atoms with E-state index in [4.69, 9.17) is 49.8 Å². The van der Waals surface area contributed by atoms with Gasteiger partial charge in [0.25, 0.3) is 0 Å². The van der Waals surface area contributed by atoms with E-state index in [0.29, 0.717) is 124 Å². The number of hydrogen-bond acceptors (Lipinski definition) is 11. The minimum absolute atomic E-state index is 0.0376. The lowest BCUT2D eigenvalue weighted by molar-refractivity contribution is -0.00776. The first kappa shape index (κ1) is 71.2. The van der Waals surface area contributed by atoms with Gasteiger partial charge in [-0.1, -0.05) is 167 Å². The van der Waals surface area contributed by atoms with Crippen LogP contribution in [0, 0.1) is 35.3 Å². The molecule has 0 amide bonds. The second-order valence-corrected chi connectivity index (χ2v) is 31.2. The Morgan fingerprint density at radius 3 is 1.39 bits per heavy atom. The minimum Gasteiger partial charge on any atom is -0.372 e. The van der Waals surface area contributed by atoms with Crippen LogP contribution in [0.25, 0.3) is 10.4 Å². The molecule has 0 bridgehead atoms. The molecule has 0 radical (unpaired) electrons. The molecular formula is C54H92Br2N6O8Si2. The van der Waals surface area contributed by atoms with Crippen LogP contribution in [0.1, 0.15) is 88.8 Å². The van der Waals surface area contributed by atoms with Gasteiger partial charge in [0.1, 0.15) is 47.8 Å². The van der Waals surface area contributed by atoms with Crippen molar-refractivity contribution in [3.8, 4) is 35.3 Å². The fraction of sp³-hybridized carbons (Fsp3) is 0.704. The zero-order chi connectivity index (χ0) is 54.8. The van der Waals surface area contributed by atoms with Crippen molar-refractivity contribution in [3.63, 3.8) is 0 Å². The average molecular weight is 1170 g/mol. The maximum atomic E-state index is 8.42. The van der Waals surface area contributed by atoms with Crippen molar-refractivity contribution in [1.29, 1.82) is 0 Å². The van der Waals surface area contributed by atoms with Gasteiger partial charge in [0.05, 0.1) is 97.1 Å². The van der Waals surface area contributed by atoms with Gasteiger partial charge in [-0.2, -0.15) is 0 Å². The first-order valence-corrected chi connectivity index (χ1v) is 31.7. The van der Waals surface area contributed by atoms with Crippen molar-refractivity contribution in [3.05, 3.63) is 73.0 Å². The highest BCUT2D eigenvalue weighted by Crippen LogP contribution is 2.41. The first-order valence-electron chi connectivity index (χ1n) is 25.0. The third kappa shape index (κ3) is 29.9. The van der Waals surface area contributed by atoms with Crippen molar-refractivity contribution in [2.24, 2.45) is 5.11 Å². The maximum absolute atomic E-state index is 8.42. The van der Waals surface area contributed by atoms with Crippen LogP contribution in [0.3, 0.4) is 0 Å². The summed E-state index contributed by atoms with van der Waals surface area (Å²) in [6.45, 7) is 48.1. The van der Waals surface area contributed by atoms with E-state index in [9.17, 15) is 0 Å². The van der Waals surface area contributed by atoms with E-state index in [1.807, 2.05) is 6.20 Å². The van der Waals surface area contributed by atoms with E-state index in [-0.39, 0.29) is 31.0 Å². The van der Waals surface area contributed by atoms with E-state index < -0.39 is 16.1 Å². The van der Waals surface area contributed by atoms with Gasteiger partial charge in [-0.05, 0) is 38.8 Å². The molecule has 408 valence electrons. The molecule has 0 aromatic carbocycles. The van der Waals surface area contributed by atoms with E-state index in [0.717, 1.165) is 11.0 Å². The monoisotopic (exact) mass is 1170 g/mol. The Hall–Kier alpha value is -2.84. The van der Waals surface area contributed by atoms with Gasteiger partial charge in [-0.3, -0.25) is 0 Å². The molecule has 0 spiro atoms. The molecule has 1 aromatic heterocycles. The molecule has 0 aliphatic heterocycles. The standard InChI is InChI=1S/C27H46BrN3O4Si.C18H33N3O2Si.C9H13BrO2/c1-9-12-34-26(16-28)20-33-19-25-17-31(30-29-25)18-27(35-13-10-2)21-32-14-11-15-36(22(3)4,23(5)6)24(7)8;1-8-10-23-18(13-20-21-19)14-22-11-9-12-24(15(2)3,16(4)5)17(6)7;1-3-5-11-8-9(7-10)12-6-4-2/h9-10,17,22-24,26-27H,1-2,12-14,16,18-21H2,3-8H3;8,15-18H,1,10-11,13-14H2,2-7H3;1,4,9H,2,5-8H2/t26-,27-;18-;9-/m000/s1. The average Bonchev–Trinajstić information content (AvgIpc) is 3.79. The normalized spacial score (nSPS) is 13.0. The highest BCUT2D eigenvalue weighted by molar-refractivity contribution is 9.09. The minimum atomic E-state index is -1.75. The number of rotatable bonds is 37. The summed E-state index contributed by atoms with van der Waals surface area (Å²) in [5.74, 6) is 8.98. The Balaban J connectivity index is 0. The van der Waals surface area contributed by atoms with Crippen LogP contribution in [0.5, 0.6) is 0 Å². The number of ether oxygens (including phenoxy) is 8. The van der Waals surface area contributed by atoms with E-state index in [1.165, 1.54) is 0 Å². The number of halogens is 2. The maximum Gasteiger partial charge on any atom is 0.146 e. The third-order valence-electron chi connectivity index (χ3n) is 11.8. The molecule has 4 atom stereocenters. The van der Waals surface area contributed by atoms with Gasteiger partial charge in [0.15, 0.2) is 0 Å². The second kappa shape index (κ2) is 44.5. The van der Waals surface area contributed by atoms with Crippen molar-refractivity contribution in [1.82, 2.24) is 15.0 Å². The summed E-state index contributed by atoms with van der Waals surface area (Å²) in [4.78, 5) is 2.76. The van der Waals surface area contributed by atoms with Gasteiger partial charge >= 0.3 is 0 Å². The number of azide groups is 1. The van der Waals surface area contributed by atoms with Crippen LogP contribution in [-0.2, 0) is 51.0 Å². The van der Waals surface area contributed by atoms with Gasteiger partial charge in [-0.25, -0.2) is 4.68 Å². The number of terminal acetylenes is 1. The van der Waals surface area contributed by atoms with E-state index in [2.05, 4.69) is 190 Å². The van der Waals surface area contributed by atoms with Crippen LogP contribution in [0.2, 0.25) is 33.2 Å². The molecule has 0 saturated carbocycles. The lowest BCUT2D eigenvalue weighted by Gasteiger charge is -2.38. The molecule has 1 rings (SSSR count). The predicted octanol–water partition coefficient (Wildman–Crippen LogP) is 12.3.